The standard InChI is InChI=1S/C11H9F5N2O5/c1-2-22-7(19)3-5-9(18(20)21)8(10(12)13)6(4-17-5)23-11(14,15)16/h4,10H,2-3H2,1H3. The van der Waals surface area contributed by atoms with E-state index in [4.69, 9.17) is 0 Å². The first-order chi connectivity index (χ1) is 10.6. The van der Waals surface area contributed by atoms with Gasteiger partial charge in [-0.25, -0.2) is 13.8 Å². The van der Waals surface area contributed by atoms with E-state index in [1.165, 1.54) is 6.92 Å². The van der Waals surface area contributed by atoms with Crippen LogP contribution in [0.2, 0.25) is 0 Å². The number of rotatable bonds is 6. The van der Waals surface area contributed by atoms with Crippen molar-refractivity contribution in [1.29, 1.82) is 0 Å². The maximum absolute atomic E-state index is 13.0. The Morgan fingerprint density at radius 3 is 2.48 bits per heavy atom. The molecule has 0 aromatic carbocycles. The second kappa shape index (κ2) is 7.15. The van der Waals surface area contributed by atoms with Crippen LogP contribution < -0.4 is 4.74 Å². The van der Waals surface area contributed by atoms with Crippen molar-refractivity contribution in [3.63, 3.8) is 0 Å². The number of nitro groups is 1. The van der Waals surface area contributed by atoms with Gasteiger partial charge in [0.2, 0.25) is 0 Å². The zero-order valence-electron chi connectivity index (χ0n) is 11.4. The van der Waals surface area contributed by atoms with E-state index in [-0.39, 0.29) is 12.8 Å². The molecule has 0 radical (unpaired) electrons. The van der Waals surface area contributed by atoms with Crippen LogP contribution in [0.15, 0.2) is 6.20 Å². The summed E-state index contributed by atoms with van der Waals surface area (Å²) in [5.41, 5.74) is -3.78. The molecule has 1 rings (SSSR count). The van der Waals surface area contributed by atoms with E-state index in [1.54, 1.807) is 0 Å². The van der Waals surface area contributed by atoms with Crippen molar-refractivity contribution in [3.05, 3.63) is 27.6 Å². The normalized spacial score (nSPS) is 11.4. The van der Waals surface area contributed by atoms with Crippen LogP contribution in [0.3, 0.4) is 0 Å². The monoisotopic (exact) mass is 344 g/mol. The fourth-order valence-electron chi connectivity index (χ4n) is 1.64. The van der Waals surface area contributed by atoms with E-state index in [1.807, 2.05) is 0 Å². The molecular weight excluding hydrogens is 335 g/mol. The van der Waals surface area contributed by atoms with Gasteiger partial charge in [-0.1, -0.05) is 0 Å². The summed E-state index contributed by atoms with van der Waals surface area (Å²) < 4.78 is 70.4. The van der Waals surface area contributed by atoms with Crippen LogP contribution in [0.1, 0.15) is 24.6 Å². The fourth-order valence-corrected chi connectivity index (χ4v) is 1.64. The van der Waals surface area contributed by atoms with Crippen molar-refractivity contribution in [2.24, 2.45) is 0 Å². The Kier molecular flexibility index (Phi) is 5.76. The quantitative estimate of drug-likeness (QED) is 0.341. The van der Waals surface area contributed by atoms with Crippen LogP contribution in [0, 0.1) is 10.1 Å². The molecule has 12 heteroatoms. The van der Waals surface area contributed by atoms with Gasteiger partial charge in [0.05, 0.1) is 24.1 Å². The molecule has 0 aliphatic heterocycles. The summed E-state index contributed by atoms with van der Waals surface area (Å²) >= 11 is 0. The number of aromatic nitrogens is 1. The molecule has 0 atom stereocenters. The minimum absolute atomic E-state index is 0.0798. The maximum atomic E-state index is 13.0. The Balaban J connectivity index is 3.42. The molecule has 0 fully saturated rings. The molecule has 23 heavy (non-hydrogen) atoms. The molecule has 0 aliphatic carbocycles. The lowest BCUT2D eigenvalue weighted by atomic mass is 10.1. The Morgan fingerprint density at radius 2 is 2.04 bits per heavy atom. The highest BCUT2D eigenvalue weighted by molar-refractivity contribution is 5.74. The SMILES string of the molecule is CCOC(=O)Cc1ncc(OC(F)(F)F)c(C(F)F)c1[N+](=O)[O-]. The first-order valence-corrected chi connectivity index (χ1v) is 5.92. The molecular formula is C11H9F5N2O5. The second-order valence-corrected chi connectivity index (χ2v) is 3.92. The molecule has 0 aliphatic rings. The van der Waals surface area contributed by atoms with Crippen molar-refractivity contribution in [3.8, 4) is 5.75 Å². The van der Waals surface area contributed by atoms with Crippen LogP contribution in [0.25, 0.3) is 0 Å². The lowest BCUT2D eigenvalue weighted by Gasteiger charge is -2.14. The summed E-state index contributed by atoms with van der Waals surface area (Å²) in [7, 11) is 0. The van der Waals surface area contributed by atoms with Gasteiger partial charge < -0.3 is 9.47 Å². The molecule has 128 valence electrons. The fraction of sp³-hybridized carbons (Fsp3) is 0.455. The van der Waals surface area contributed by atoms with Gasteiger partial charge >= 0.3 is 18.0 Å². The van der Waals surface area contributed by atoms with Gasteiger partial charge in [-0.05, 0) is 6.92 Å². The van der Waals surface area contributed by atoms with Crippen LogP contribution >= 0.6 is 0 Å². The van der Waals surface area contributed by atoms with Gasteiger partial charge in [-0.15, -0.1) is 13.2 Å². The highest BCUT2D eigenvalue weighted by atomic mass is 19.4. The van der Waals surface area contributed by atoms with Crippen molar-refractivity contribution in [1.82, 2.24) is 4.98 Å². The van der Waals surface area contributed by atoms with Crippen molar-refractivity contribution in [2.75, 3.05) is 6.61 Å². The molecule has 0 N–H and O–H groups in total. The van der Waals surface area contributed by atoms with Crippen LogP contribution in [-0.4, -0.2) is 28.8 Å². The lowest BCUT2D eigenvalue weighted by Crippen LogP contribution is -2.20. The van der Waals surface area contributed by atoms with Gasteiger partial charge in [0.25, 0.3) is 6.43 Å². The number of pyridine rings is 1. The number of hydrogen-bond acceptors (Lipinski definition) is 6. The number of carbonyl (C=O) groups excluding carboxylic acids is 1. The van der Waals surface area contributed by atoms with Crippen LogP contribution in [-0.2, 0) is 16.0 Å². The Labute approximate surface area is 125 Å². The van der Waals surface area contributed by atoms with Crippen molar-refractivity contribution in [2.45, 2.75) is 26.1 Å². The van der Waals surface area contributed by atoms with E-state index in [0.717, 1.165) is 0 Å². The highest BCUT2D eigenvalue weighted by Gasteiger charge is 2.38. The van der Waals surface area contributed by atoms with E-state index < -0.39 is 52.8 Å². The summed E-state index contributed by atoms with van der Waals surface area (Å²) in [6.07, 6.45) is -9.61. The summed E-state index contributed by atoms with van der Waals surface area (Å²) in [5.74, 6) is -2.51. The second-order valence-electron chi connectivity index (χ2n) is 3.92. The number of alkyl halides is 5. The highest BCUT2D eigenvalue weighted by Crippen LogP contribution is 2.40. The third-order valence-electron chi connectivity index (χ3n) is 2.38. The van der Waals surface area contributed by atoms with Crippen molar-refractivity contribution >= 4 is 11.7 Å². The molecule has 0 bridgehead atoms. The Hall–Kier alpha value is -2.53. The van der Waals surface area contributed by atoms with E-state index in [9.17, 15) is 36.9 Å². The summed E-state index contributed by atoms with van der Waals surface area (Å²) in [4.78, 5) is 24.1. The molecule has 0 amide bonds. The molecule has 1 aromatic heterocycles. The minimum atomic E-state index is -5.35. The number of halogens is 5. The van der Waals surface area contributed by atoms with E-state index >= 15 is 0 Å². The lowest BCUT2D eigenvalue weighted by molar-refractivity contribution is -0.387. The van der Waals surface area contributed by atoms with Crippen LogP contribution in [0.4, 0.5) is 27.6 Å². The zero-order chi connectivity index (χ0) is 17.8. The van der Waals surface area contributed by atoms with Gasteiger partial charge in [0.1, 0.15) is 11.3 Å². The molecule has 7 nitrogen and oxygen atoms in total. The summed E-state index contributed by atoms with van der Waals surface area (Å²) in [5, 5.41) is 10.9. The number of nitrogens with zero attached hydrogens (tertiary/aromatic N) is 2. The first kappa shape index (κ1) is 18.5. The van der Waals surface area contributed by atoms with Crippen molar-refractivity contribution < 1.29 is 41.1 Å². The number of esters is 1. The largest absolute Gasteiger partial charge is 0.573 e. The number of ether oxygens (including phenoxy) is 2. The maximum Gasteiger partial charge on any atom is 0.573 e. The molecule has 0 spiro atoms. The Bertz CT molecular complexity index is 605. The van der Waals surface area contributed by atoms with Gasteiger partial charge in [0, 0.05) is 0 Å². The van der Waals surface area contributed by atoms with E-state index in [2.05, 4.69) is 14.5 Å². The predicted octanol–water partition coefficient (Wildman–Crippen LogP) is 2.93. The third kappa shape index (κ3) is 5.00. The molecule has 0 saturated carbocycles. The van der Waals surface area contributed by atoms with Gasteiger partial charge in [-0.3, -0.25) is 14.9 Å². The topological polar surface area (TPSA) is 91.6 Å². The molecule has 0 saturated heterocycles. The van der Waals surface area contributed by atoms with Gasteiger partial charge in [-0.2, -0.15) is 0 Å². The average molecular weight is 344 g/mol. The van der Waals surface area contributed by atoms with E-state index in [0.29, 0.717) is 0 Å². The van der Waals surface area contributed by atoms with Crippen LogP contribution in [0.5, 0.6) is 5.75 Å². The minimum Gasteiger partial charge on any atom is -0.466 e. The number of hydrogen-bond donors (Lipinski definition) is 0. The third-order valence-corrected chi connectivity index (χ3v) is 2.38. The zero-order valence-corrected chi connectivity index (χ0v) is 11.4. The predicted molar refractivity (Wildman–Crippen MR) is 62.9 cm³/mol. The summed E-state index contributed by atoms with van der Waals surface area (Å²) in [6.45, 7) is 1.36. The number of carbonyl (C=O) groups is 1. The summed E-state index contributed by atoms with van der Waals surface area (Å²) in [6, 6.07) is 0. The molecule has 1 heterocycles. The first-order valence-electron chi connectivity index (χ1n) is 5.92. The molecule has 1 aromatic rings. The molecule has 0 unspecified atom stereocenters. The smallest absolute Gasteiger partial charge is 0.466 e. The Morgan fingerprint density at radius 1 is 1.43 bits per heavy atom. The van der Waals surface area contributed by atoms with Gasteiger partial charge in [0.15, 0.2) is 5.75 Å². The average Bonchev–Trinajstić information content (AvgIpc) is 2.37.